The zero-order chi connectivity index (χ0) is 10.2. The van der Waals surface area contributed by atoms with Gasteiger partial charge in [0, 0.05) is 0 Å². The molecule has 14 heavy (non-hydrogen) atoms. The van der Waals surface area contributed by atoms with E-state index in [0.29, 0.717) is 5.01 Å². The third-order valence-corrected chi connectivity index (χ3v) is 3.70. The maximum atomic E-state index is 12.3. The number of nitrogens with zero attached hydrogens (tertiary/aromatic N) is 2. The predicted octanol–water partition coefficient (Wildman–Crippen LogP) is 2.20. The summed E-state index contributed by atoms with van der Waals surface area (Å²) in [4.78, 5) is 0. The number of aromatic nitrogens is 2. The molecule has 0 bridgehead atoms. The minimum atomic E-state index is -2.54. The van der Waals surface area contributed by atoms with Crippen LogP contribution in [0.2, 0.25) is 0 Å². The van der Waals surface area contributed by atoms with Gasteiger partial charge in [-0.25, -0.2) is 8.78 Å². The van der Waals surface area contributed by atoms with Crippen molar-refractivity contribution in [3.8, 4) is 0 Å². The third kappa shape index (κ3) is 1.64. The standard InChI is InChI=1S/C8H11F2N3S/c9-5(10)6-12-13-7(14-6)8(11)3-1-2-4-8/h5H,1-4,11H2. The molecule has 1 aliphatic rings. The van der Waals surface area contributed by atoms with Crippen molar-refractivity contribution in [3.05, 3.63) is 10.0 Å². The van der Waals surface area contributed by atoms with E-state index in [1.807, 2.05) is 0 Å². The molecule has 78 valence electrons. The molecule has 0 unspecified atom stereocenters. The predicted molar refractivity (Wildman–Crippen MR) is 49.2 cm³/mol. The van der Waals surface area contributed by atoms with Crippen LogP contribution in [0.4, 0.5) is 8.78 Å². The Kier molecular flexibility index (Phi) is 2.48. The van der Waals surface area contributed by atoms with Gasteiger partial charge in [-0.2, -0.15) is 0 Å². The van der Waals surface area contributed by atoms with E-state index in [9.17, 15) is 8.78 Å². The van der Waals surface area contributed by atoms with Gasteiger partial charge in [-0.3, -0.25) is 0 Å². The van der Waals surface area contributed by atoms with Crippen LogP contribution in [0, 0.1) is 0 Å². The number of rotatable bonds is 2. The lowest BCUT2D eigenvalue weighted by atomic mass is 10.0. The van der Waals surface area contributed by atoms with Gasteiger partial charge in [-0.1, -0.05) is 24.2 Å². The second-order valence-corrected chi connectivity index (χ2v) is 4.62. The number of nitrogens with two attached hydrogens (primary N) is 1. The monoisotopic (exact) mass is 219 g/mol. The van der Waals surface area contributed by atoms with Gasteiger partial charge in [0.1, 0.15) is 5.01 Å². The molecule has 0 aliphatic heterocycles. The SMILES string of the molecule is NC1(c2nnc(C(F)F)s2)CCCC1. The summed E-state index contributed by atoms with van der Waals surface area (Å²) in [5, 5.41) is 7.53. The summed E-state index contributed by atoms with van der Waals surface area (Å²) in [5.74, 6) is 0. The fourth-order valence-electron chi connectivity index (χ4n) is 1.74. The molecule has 0 atom stereocenters. The molecule has 2 rings (SSSR count). The van der Waals surface area contributed by atoms with Crippen LogP contribution < -0.4 is 5.73 Å². The Morgan fingerprint density at radius 2 is 1.93 bits per heavy atom. The molecule has 1 aromatic rings. The minimum Gasteiger partial charge on any atom is -0.319 e. The summed E-state index contributed by atoms with van der Waals surface area (Å²) in [7, 11) is 0. The quantitative estimate of drug-likeness (QED) is 0.829. The maximum Gasteiger partial charge on any atom is 0.291 e. The van der Waals surface area contributed by atoms with E-state index in [1.165, 1.54) is 0 Å². The minimum absolute atomic E-state index is 0.225. The van der Waals surface area contributed by atoms with E-state index in [2.05, 4.69) is 10.2 Å². The van der Waals surface area contributed by atoms with Gasteiger partial charge in [-0.05, 0) is 12.8 Å². The third-order valence-electron chi connectivity index (χ3n) is 2.55. The molecule has 1 aliphatic carbocycles. The average Bonchev–Trinajstić information content (AvgIpc) is 2.71. The topological polar surface area (TPSA) is 51.8 Å². The van der Waals surface area contributed by atoms with Gasteiger partial charge in [0.05, 0.1) is 5.54 Å². The molecule has 0 amide bonds. The Hall–Kier alpha value is -0.620. The Bertz CT molecular complexity index is 320. The van der Waals surface area contributed by atoms with Crippen molar-refractivity contribution in [2.45, 2.75) is 37.6 Å². The summed E-state index contributed by atoms with van der Waals surface area (Å²) < 4.78 is 24.5. The summed E-state index contributed by atoms with van der Waals surface area (Å²) >= 11 is 0.940. The van der Waals surface area contributed by atoms with Crippen molar-refractivity contribution in [1.82, 2.24) is 10.2 Å². The van der Waals surface area contributed by atoms with E-state index >= 15 is 0 Å². The zero-order valence-corrected chi connectivity index (χ0v) is 8.36. The van der Waals surface area contributed by atoms with Crippen LogP contribution >= 0.6 is 11.3 Å². The molecular weight excluding hydrogens is 208 g/mol. The van der Waals surface area contributed by atoms with Gasteiger partial charge in [0.15, 0.2) is 5.01 Å². The highest BCUT2D eigenvalue weighted by Crippen LogP contribution is 2.38. The highest BCUT2D eigenvalue weighted by Gasteiger charge is 2.35. The Balaban J connectivity index is 2.23. The molecule has 1 heterocycles. The molecule has 3 nitrogen and oxygen atoms in total. The lowest BCUT2D eigenvalue weighted by Gasteiger charge is -2.18. The molecule has 1 aromatic heterocycles. The number of hydrogen-bond donors (Lipinski definition) is 1. The van der Waals surface area contributed by atoms with Crippen molar-refractivity contribution in [2.75, 3.05) is 0 Å². The van der Waals surface area contributed by atoms with Crippen LogP contribution in [0.3, 0.4) is 0 Å². The van der Waals surface area contributed by atoms with Crippen LogP contribution in [0.1, 0.15) is 42.1 Å². The second-order valence-electron chi connectivity index (χ2n) is 3.61. The highest BCUT2D eigenvalue weighted by atomic mass is 32.1. The normalized spacial score (nSPS) is 20.6. The van der Waals surface area contributed by atoms with Crippen LogP contribution in [-0.4, -0.2) is 10.2 Å². The molecule has 6 heteroatoms. The first-order valence-electron chi connectivity index (χ1n) is 4.53. The fourth-order valence-corrected chi connectivity index (χ4v) is 2.60. The first-order chi connectivity index (χ1) is 6.62. The second kappa shape index (κ2) is 3.51. The van der Waals surface area contributed by atoms with Gasteiger partial charge in [-0.15, -0.1) is 10.2 Å². The van der Waals surface area contributed by atoms with Crippen molar-refractivity contribution in [3.63, 3.8) is 0 Å². The molecule has 0 spiro atoms. The number of hydrogen-bond acceptors (Lipinski definition) is 4. The molecule has 0 radical (unpaired) electrons. The lowest BCUT2D eigenvalue weighted by molar-refractivity contribution is 0.150. The van der Waals surface area contributed by atoms with Crippen LogP contribution in [-0.2, 0) is 5.54 Å². The Labute approximate surface area is 84.3 Å². The van der Waals surface area contributed by atoms with Crippen molar-refractivity contribution >= 4 is 11.3 Å². The molecule has 0 aromatic carbocycles. The lowest BCUT2D eigenvalue weighted by Crippen LogP contribution is -2.32. The first kappa shape index (κ1) is 9.92. The van der Waals surface area contributed by atoms with E-state index in [-0.39, 0.29) is 5.01 Å². The van der Waals surface area contributed by atoms with Gasteiger partial charge in [0.25, 0.3) is 6.43 Å². The summed E-state index contributed by atoms with van der Waals surface area (Å²) in [5.41, 5.74) is 5.56. The van der Waals surface area contributed by atoms with Crippen LogP contribution in [0.5, 0.6) is 0 Å². The zero-order valence-electron chi connectivity index (χ0n) is 7.54. The molecule has 0 saturated heterocycles. The molecular formula is C8H11F2N3S. The van der Waals surface area contributed by atoms with E-state index in [0.717, 1.165) is 37.0 Å². The summed E-state index contributed by atoms with van der Waals surface area (Å²) in [6.45, 7) is 0. The first-order valence-corrected chi connectivity index (χ1v) is 5.34. The molecule has 1 saturated carbocycles. The summed E-state index contributed by atoms with van der Waals surface area (Å²) in [6.07, 6.45) is 1.20. The van der Waals surface area contributed by atoms with E-state index in [1.54, 1.807) is 0 Å². The Morgan fingerprint density at radius 3 is 2.43 bits per heavy atom. The average molecular weight is 219 g/mol. The van der Waals surface area contributed by atoms with E-state index in [4.69, 9.17) is 5.73 Å². The van der Waals surface area contributed by atoms with E-state index < -0.39 is 12.0 Å². The number of halogens is 2. The fraction of sp³-hybridized carbons (Fsp3) is 0.750. The van der Waals surface area contributed by atoms with Gasteiger partial charge in [0.2, 0.25) is 0 Å². The maximum absolute atomic E-state index is 12.3. The summed E-state index contributed by atoms with van der Waals surface area (Å²) in [6, 6.07) is 0. The van der Waals surface area contributed by atoms with Crippen LogP contribution in [0.25, 0.3) is 0 Å². The smallest absolute Gasteiger partial charge is 0.291 e. The van der Waals surface area contributed by atoms with Crippen molar-refractivity contribution in [2.24, 2.45) is 5.73 Å². The Morgan fingerprint density at radius 1 is 1.29 bits per heavy atom. The molecule has 1 fully saturated rings. The van der Waals surface area contributed by atoms with Crippen molar-refractivity contribution < 1.29 is 8.78 Å². The largest absolute Gasteiger partial charge is 0.319 e. The van der Waals surface area contributed by atoms with Crippen molar-refractivity contribution in [1.29, 1.82) is 0 Å². The molecule has 2 N–H and O–H groups in total. The van der Waals surface area contributed by atoms with Crippen LogP contribution in [0.15, 0.2) is 0 Å². The van der Waals surface area contributed by atoms with Gasteiger partial charge < -0.3 is 5.73 Å². The van der Waals surface area contributed by atoms with Gasteiger partial charge >= 0.3 is 0 Å². The number of alkyl halides is 2. The highest BCUT2D eigenvalue weighted by molar-refractivity contribution is 7.11.